The van der Waals surface area contributed by atoms with Crippen molar-refractivity contribution in [3.8, 4) is 0 Å². The molecule has 2 N–H and O–H groups in total. The molecule has 0 aliphatic carbocycles. The zero-order valence-electron chi connectivity index (χ0n) is 11.8. The number of hydrogen-bond donors (Lipinski definition) is 2. The SMILES string of the molecule is O=[N+]([O-])c1cccc(CN(CCO)CC2CCCN2)c1Br. The second kappa shape index (κ2) is 7.84. The summed E-state index contributed by atoms with van der Waals surface area (Å²) in [5, 5.41) is 23.6. The molecule has 7 heteroatoms. The lowest BCUT2D eigenvalue weighted by Crippen LogP contribution is -2.38. The van der Waals surface area contributed by atoms with Gasteiger partial charge in [0, 0.05) is 31.7 Å². The monoisotopic (exact) mass is 357 g/mol. The number of halogens is 1. The van der Waals surface area contributed by atoms with Gasteiger partial charge in [0.15, 0.2) is 0 Å². The van der Waals surface area contributed by atoms with E-state index in [1.807, 2.05) is 6.07 Å². The molecule has 0 saturated carbocycles. The van der Waals surface area contributed by atoms with Crippen LogP contribution in [0.15, 0.2) is 22.7 Å². The van der Waals surface area contributed by atoms with Crippen LogP contribution in [0, 0.1) is 10.1 Å². The van der Waals surface area contributed by atoms with E-state index >= 15 is 0 Å². The predicted octanol–water partition coefficient (Wildman–Crippen LogP) is 1.90. The van der Waals surface area contributed by atoms with E-state index in [1.165, 1.54) is 12.5 Å². The third-order valence-electron chi connectivity index (χ3n) is 3.71. The summed E-state index contributed by atoms with van der Waals surface area (Å²) in [5.74, 6) is 0. The molecule has 1 unspecified atom stereocenters. The maximum Gasteiger partial charge on any atom is 0.283 e. The summed E-state index contributed by atoms with van der Waals surface area (Å²) in [6.07, 6.45) is 2.32. The van der Waals surface area contributed by atoms with Gasteiger partial charge < -0.3 is 10.4 Å². The van der Waals surface area contributed by atoms with E-state index in [0.29, 0.717) is 23.6 Å². The number of benzene rings is 1. The van der Waals surface area contributed by atoms with E-state index in [2.05, 4.69) is 26.1 Å². The third kappa shape index (κ3) is 4.47. The van der Waals surface area contributed by atoms with Crippen molar-refractivity contribution in [1.29, 1.82) is 0 Å². The highest BCUT2D eigenvalue weighted by Crippen LogP contribution is 2.29. The predicted molar refractivity (Wildman–Crippen MR) is 84.2 cm³/mol. The van der Waals surface area contributed by atoms with E-state index in [0.717, 1.165) is 25.1 Å². The van der Waals surface area contributed by atoms with Crippen molar-refractivity contribution in [3.63, 3.8) is 0 Å². The van der Waals surface area contributed by atoms with Gasteiger partial charge in [-0.3, -0.25) is 15.0 Å². The van der Waals surface area contributed by atoms with Crippen LogP contribution >= 0.6 is 15.9 Å². The lowest BCUT2D eigenvalue weighted by molar-refractivity contribution is -0.385. The molecule has 1 atom stereocenters. The molecule has 1 aliphatic rings. The second-order valence-electron chi connectivity index (χ2n) is 5.26. The molecular formula is C14H20BrN3O3. The highest BCUT2D eigenvalue weighted by atomic mass is 79.9. The molecule has 2 rings (SSSR count). The summed E-state index contributed by atoms with van der Waals surface area (Å²) in [7, 11) is 0. The maximum atomic E-state index is 11.0. The normalized spacial score (nSPS) is 18.3. The molecule has 1 aliphatic heterocycles. The standard InChI is InChI=1S/C14H20BrN3O3/c15-14-11(3-1-5-13(14)18(20)21)9-17(7-8-19)10-12-4-2-6-16-12/h1,3,5,12,16,19H,2,4,6-10H2. The quantitative estimate of drug-likeness (QED) is 0.575. The van der Waals surface area contributed by atoms with Crippen LogP contribution in [0.1, 0.15) is 18.4 Å². The van der Waals surface area contributed by atoms with Crippen LogP contribution in [0.3, 0.4) is 0 Å². The van der Waals surface area contributed by atoms with Crippen molar-refractivity contribution in [2.45, 2.75) is 25.4 Å². The molecule has 1 aromatic rings. The van der Waals surface area contributed by atoms with Gasteiger partial charge in [-0.2, -0.15) is 0 Å². The Hall–Kier alpha value is -1.02. The minimum absolute atomic E-state index is 0.0791. The van der Waals surface area contributed by atoms with Gasteiger partial charge in [0.25, 0.3) is 5.69 Å². The van der Waals surface area contributed by atoms with Gasteiger partial charge in [-0.05, 0) is 40.9 Å². The van der Waals surface area contributed by atoms with Crippen LogP contribution < -0.4 is 5.32 Å². The molecule has 0 aromatic heterocycles. The van der Waals surface area contributed by atoms with Crippen LogP contribution in [-0.2, 0) is 6.54 Å². The Balaban J connectivity index is 2.08. The average Bonchev–Trinajstić information content (AvgIpc) is 2.94. The summed E-state index contributed by atoms with van der Waals surface area (Å²) < 4.78 is 0.525. The number of nitro groups is 1. The molecule has 1 saturated heterocycles. The number of nitrogens with one attached hydrogen (secondary N) is 1. The van der Waals surface area contributed by atoms with Gasteiger partial charge in [0.1, 0.15) is 0 Å². The minimum Gasteiger partial charge on any atom is -0.395 e. The highest BCUT2D eigenvalue weighted by molar-refractivity contribution is 9.10. The summed E-state index contributed by atoms with van der Waals surface area (Å²) in [6, 6.07) is 5.50. The van der Waals surface area contributed by atoms with Gasteiger partial charge in [-0.25, -0.2) is 0 Å². The van der Waals surface area contributed by atoms with Gasteiger partial charge in [-0.15, -0.1) is 0 Å². The number of aliphatic hydroxyl groups is 1. The molecular weight excluding hydrogens is 338 g/mol. The molecule has 1 fully saturated rings. The lowest BCUT2D eigenvalue weighted by atomic mass is 10.1. The molecule has 6 nitrogen and oxygen atoms in total. The minimum atomic E-state index is -0.386. The van der Waals surface area contributed by atoms with Crippen molar-refractivity contribution in [2.24, 2.45) is 0 Å². The fourth-order valence-electron chi connectivity index (χ4n) is 2.67. The highest BCUT2D eigenvalue weighted by Gasteiger charge is 2.20. The summed E-state index contributed by atoms with van der Waals surface area (Å²) >= 11 is 3.33. The summed E-state index contributed by atoms with van der Waals surface area (Å²) in [6.45, 7) is 3.11. The summed E-state index contributed by atoms with van der Waals surface area (Å²) in [4.78, 5) is 12.7. The first-order chi connectivity index (χ1) is 10.1. The van der Waals surface area contributed by atoms with Crippen LogP contribution in [0.4, 0.5) is 5.69 Å². The van der Waals surface area contributed by atoms with Crippen molar-refractivity contribution < 1.29 is 10.0 Å². The van der Waals surface area contributed by atoms with E-state index < -0.39 is 0 Å². The van der Waals surface area contributed by atoms with Gasteiger partial charge in [0.05, 0.1) is 16.0 Å². The van der Waals surface area contributed by atoms with Crippen molar-refractivity contribution >= 4 is 21.6 Å². The Morgan fingerprint density at radius 2 is 2.33 bits per heavy atom. The zero-order chi connectivity index (χ0) is 15.2. The zero-order valence-corrected chi connectivity index (χ0v) is 13.4. The molecule has 1 aromatic carbocycles. The van der Waals surface area contributed by atoms with Crippen LogP contribution in [0.25, 0.3) is 0 Å². The van der Waals surface area contributed by atoms with Gasteiger partial charge in [0.2, 0.25) is 0 Å². The van der Waals surface area contributed by atoms with Crippen LogP contribution in [0.5, 0.6) is 0 Å². The first kappa shape index (κ1) is 16.4. The molecule has 0 radical (unpaired) electrons. The fraction of sp³-hybridized carbons (Fsp3) is 0.571. The number of nitro benzene ring substituents is 1. The fourth-order valence-corrected chi connectivity index (χ4v) is 3.21. The van der Waals surface area contributed by atoms with E-state index in [9.17, 15) is 15.2 Å². The Labute approximate surface area is 132 Å². The Kier molecular flexibility index (Phi) is 6.10. The summed E-state index contributed by atoms with van der Waals surface area (Å²) in [5.41, 5.74) is 0.950. The van der Waals surface area contributed by atoms with Crippen LogP contribution in [-0.4, -0.2) is 47.2 Å². The maximum absolute atomic E-state index is 11.0. The lowest BCUT2D eigenvalue weighted by Gasteiger charge is -2.25. The molecule has 0 spiro atoms. The average molecular weight is 358 g/mol. The van der Waals surface area contributed by atoms with E-state index in [1.54, 1.807) is 6.07 Å². The van der Waals surface area contributed by atoms with Gasteiger partial charge >= 0.3 is 0 Å². The first-order valence-electron chi connectivity index (χ1n) is 7.10. The molecule has 0 amide bonds. The van der Waals surface area contributed by atoms with Crippen molar-refractivity contribution in [2.75, 3.05) is 26.2 Å². The van der Waals surface area contributed by atoms with E-state index in [-0.39, 0.29) is 17.2 Å². The number of aliphatic hydroxyl groups excluding tert-OH is 1. The Bertz CT molecular complexity index is 492. The Morgan fingerprint density at radius 1 is 1.52 bits per heavy atom. The number of rotatable bonds is 7. The number of hydrogen-bond acceptors (Lipinski definition) is 5. The number of nitrogens with zero attached hydrogens (tertiary/aromatic N) is 2. The molecule has 0 bridgehead atoms. The molecule has 1 heterocycles. The first-order valence-corrected chi connectivity index (χ1v) is 7.89. The smallest absolute Gasteiger partial charge is 0.283 e. The Morgan fingerprint density at radius 3 is 2.95 bits per heavy atom. The third-order valence-corrected chi connectivity index (χ3v) is 4.62. The van der Waals surface area contributed by atoms with Crippen molar-refractivity contribution in [1.82, 2.24) is 10.2 Å². The van der Waals surface area contributed by atoms with Gasteiger partial charge in [-0.1, -0.05) is 12.1 Å². The van der Waals surface area contributed by atoms with Crippen LogP contribution in [0.2, 0.25) is 0 Å². The molecule has 21 heavy (non-hydrogen) atoms. The second-order valence-corrected chi connectivity index (χ2v) is 6.05. The molecule has 116 valence electrons. The topological polar surface area (TPSA) is 78.6 Å². The largest absolute Gasteiger partial charge is 0.395 e. The van der Waals surface area contributed by atoms with E-state index in [4.69, 9.17) is 0 Å². The van der Waals surface area contributed by atoms with Crippen molar-refractivity contribution in [3.05, 3.63) is 38.3 Å².